The molecule has 6 heteroatoms. The van der Waals surface area contributed by atoms with E-state index in [2.05, 4.69) is 51.6 Å². The van der Waals surface area contributed by atoms with Gasteiger partial charge in [0.25, 0.3) is 0 Å². The third-order valence-electron chi connectivity index (χ3n) is 5.14. The molecule has 3 heterocycles. The van der Waals surface area contributed by atoms with Crippen LogP contribution in [-0.4, -0.2) is 45.2 Å². The zero-order valence-electron chi connectivity index (χ0n) is 15.6. The molecule has 2 aromatic heterocycles. The number of benzene rings is 1. The number of aromatic nitrogens is 3. The lowest BCUT2D eigenvalue weighted by Gasteiger charge is -2.15. The molecule has 1 aliphatic heterocycles. The summed E-state index contributed by atoms with van der Waals surface area (Å²) in [6.07, 6.45) is 2.92. The average molecular weight is 363 g/mol. The fraction of sp³-hybridized carbons (Fsp3) is 0.381. The number of carbonyl (C=O) groups excluding carboxylic acids is 1. The van der Waals surface area contributed by atoms with Crippen LogP contribution in [0.5, 0.6) is 0 Å². The zero-order chi connectivity index (χ0) is 18.6. The Labute approximate surface area is 159 Å². The molecule has 6 nitrogen and oxygen atoms in total. The number of fused-ring (bicyclic) bond motifs is 1. The molecule has 0 bridgehead atoms. The molecule has 3 aromatic rings. The minimum atomic E-state index is -0.0213. The van der Waals surface area contributed by atoms with Gasteiger partial charge in [-0.05, 0) is 30.7 Å². The van der Waals surface area contributed by atoms with Gasteiger partial charge in [-0.1, -0.05) is 30.3 Å². The summed E-state index contributed by atoms with van der Waals surface area (Å²) in [6, 6.07) is 14.7. The Morgan fingerprint density at radius 3 is 2.89 bits per heavy atom. The lowest BCUT2D eigenvalue weighted by Crippen LogP contribution is -2.25. The van der Waals surface area contributed by atoms with Crippen molar-refractivity contribution in [2.24, 2.45) is 0 Å². The maximum atomic E-state index is 11.1. The number of amides is 1. The van der Waals surface area contributed by atoms with Crippen LogP contribution in [0.2, 0.25) is 0 Å². The molecule has 0 aliphatic carbocycles. The van der Waals surface area contributed by atoms with E-state index in [1.165, 1.54) is 12.5 Å². The van der Waals surface area contributed by atoms with Crippen molar-refractivity contribution in [3.63, 3.8) is 0 Å². The van der Waals surface area contributed by atoms with Crippen LogP contribution in [0.4, 0.5) is 0 Å². The quantitative estimate of drug-likeness (QED) is 0.731. The monoisotopic (exact) mass is 363 g/mol. The van der Waals surface area contributed by atoms with Crippen molar-refractivity contribution in [1.29, 1.82) is 0 Å². The first kappa shape index (κ1) is 17.7. The smallest absolute Gasteiger partial charge is 0.216 e. The van der Waals surface area contributed by atoms with Crippen LogP contribution >= 0.6 is 0 Å². The number of hydrogen-bond donors (Lipinski definition) is 1. The van der Waals surface area contributed by atoms with Gasteiger partial charge in [0, 0.05) is 44.1 Å². The van der Waals surface area contributed by atoms with E-state index in [0.29, 0.717) is 19.0 Å². The van der Waals surface area contributed by atoms with Gasteiger partial charge in [-0.3, -0.25) is 9.69 Å². The van der Waals surface area contributed by atoms with Gasteiger partial charge in [0.05, 0.1) is 12.2 Å². The standard InChI is InChI=1S/C21H25N5O/c1-16(27)22-11-13-26-21-19(8-5-10-23-21)20(24-26)18-9-12-25(15-18)14-17-6-3-2-4-7-17/h2-8,10,18H,9,11-15H2,1H3,(H,22,27). The number of rotatable bonds is 6. The van der Waals surface area contributed by atoms with Gasteiger partial charge < -0.3 is 5.32 Å². The molecule has 0 spiro atoms. The largest absolute Gasteiger partial charge is 0.354 e. The van der Waals surface area contributed by atoms with Crippen LogP contribution in [0.3, 0.4) is 0 Å². The number of pyridine rings is 1. The topological polar surface area (TPSA) is 63.1 Å². The van der Waals surface area contributed by atoms with Gasteiger partial charge in [-0.25, -0.2) is 9.67 Å². The van der Waals surface area contributed by atoms with E-state index < -0.39 is 0 Å². The molecule has 4 rings (SSSR count). The number of nitrogens with zero attached hydrogens (tertiary/aromatic N) is 4. The number of carbonyl (C=O) groups is 1. The van der Waals surface area contributed by atoms with Gasteiger partial charge in [-0.15, -0.1) is 0 Å². The molecule has 1 fully saturated rings. The van der Waals surface area contributed by atoms with Crippen molar-refractivity contribution in [2.75, 3.05) is 19.6 Å². The summed E-state index contributed by atoms with van der Waals surface area (Å²) in [7, 11) is 0. The number of likely N-dealkylation sites (tertiary alicyclic amines) is 1. The minimum absolute atomic E-state index is 0.0213. The highest BCUT2D eigenvalue weighted by Crippen LogP contribution is 2.31. The minimum Gasteiger partial charge on any atom is -0.354 e. The Morgan fingerprint density at radius 2 is 2.07 bits per heavy atom. The second kappa shape index (κ2) is 7.88. The molecule has 27 heavy (non-hydrogen) atoms. The third-order valence-corrected chi connectivity index (χ3v) is 5.14. The summed E-state index contributed by atoms with van der Waals surface area (Å²) >= 11 is 0. The first-order chi connectivity index (χ1) is 13.2. The Hall–Kier alpha value is -2.73. The van der Waals surface area contributed by atoms with E-state index in [1.807, 2.05) is 10.7 Å². The molecule has 140 valence electrons. The SMILES string of the molecule is CC(=O)NCCn1nc(C2CCN(Cc3ccccc3)C2)c2cccnc21. The maximum absolute atomic E-state index is 11.1. The molecule has 1 N–H and O–H groups in total. The average Bonchev–Trinajstić information content (AvgIpc) is 3.27. The van der Waals surface area contributed by atoms with E-state index >= 15 is 0 Å². The summed E-state index contributed by atoms with van der Waals surface area (Å²) in [5.41, 5.74) is 3.39. The normalized spacial score (nSPS) is 17.4. The Bertz CT molecular complexity index is 921. The summed E-state index contributed by atoms with van der Waals surface area (Å²) in [4.78, 5) is 18.2. The highest BCUT2D eigenvalue weighted by Gasteiger charge is 2.28. The molecule has 1 aromatic carbocycles. The van der Waals surface area contributed by atoms with Gasteiger partial charge in [-0.2, -0.15) is 5.10 Å². The van der Waals surface area contributed by atoms with Crippen LogP contribution < -0.4 is 5.32 Å². The van der Waals surface area contributed by atoms with Crippen molar-refractivity contribution in [1.82, 2.24) is 25.0 Å². The molecule has 0 radical (unpaired) electrons. The number of hydrogen-bond acceptors (Lipinski definition) is 4. The van der Waals surface area contributed by atoms with Gasteiger partial charge >= 0.3 is 0 Å². The van der Waals surface area contributed by atoms with E-state index in [1.54, 1.807) is 6.20 Å². The van der Waals surface area contributed by atoms with E-state index in [0.717, 1.165) is 42.8 Å². The molecule has 0 saturated carbocycles. The van der Waals surface area contributed by atoms with Crippen molar-refractivity contribution in [3.05, 3.63) is 59.9 Å². The maximum Gasteiger partial charge on any atom is 0.216 e. The Morgan fingerprint density at radius 1 is 1.22 bits per heavy atom. The third kappa shape index (κ3) is 4.01. The molecule has 1 unspecified atom stereocenters. The second-order valence-corrected chi connectivity index (χ2v) is 7.17. The van der Waals surface area contributed by atoms with Crippen LogP contribution in [0.25, 0.3) is 11.0 Å². The van der Waals surface area contributed by atoms with Gasteiger partial charge in [0.15, 0.2) is 5.65 Å². The molecule has 1 aliphatic rings. The van der Waals surface area contributed by atoms with Crippen molar-refractivity contribution < 1.29 is 4.79 Å². The molecular weight excluding hydrogens is 338 g/mol. The fourth-order valence-corrected chi connectivity index (χ4v) is 3.87. The Kier molecular flexibility index (Phi) is 5.16. The summed E-state index contributed by atoms with van der Waals surface area (Å²) in [6.45, 7) is 5.81. The van der Waals surface area contributed by atoms with Crippen molar-refractivity contribution in [3.8, 4) is 0 Å². The van der Waals surface area contributed by atoms with Gasteiger partial charge in [0.2, 0.25) is 5.91 Å². The van der Waals surface area contributed by atoms with Crippen LogP contribution in [0.15, 0.2) is 48.7 Å². The summed E-state index contributed by atoms with van der Waals surface area (Å²) < 4.78 is 1.93. The van der Waals surface area contributed by atoms with Crippen molar-refractivity contribution in [2.45, 2.75) is 32.4 Å². The zero-order valence-corrected chi connectivity index (χ0v) is 15.6. The first-order valence-corrected chi connectivity index (χ1v) is 9.53. The van der Waals surface area contributed by atoms with Crippen LogP contribution in [0, 0.1) is 0 Å². The fourth-order valence-electron chi connectivity index (χ4n) is 3.87. The predicted octanol–water partition coefficient (Wildman–Crippen LogP) is 2.56. The summed E-state index contributed by atoms with van der Waals surface area (Å²) in [5, 5.41) is 8.85. The Balaban J connectivity index is 1.51. The number of nitrogens with one attached hydrogen (secondary N) is 1. The molecule has 1 amide bonds. The molecular formula is C21H25N5O. The lowest BCUT2D eigenvalue weighted by molar-refractivity contribution is -0.118. The van der Waals surface area contributed by atoms with E-state index in [4.69, 9.17) is 5.10 Å². The van der Waals surface area contributed by atoms with Crippen LogP contribution in [-0.2, 0) is 17.9 Å². The lowest BCUT2D eigenvalue weighted by atomic mass is 10.0. The summed E-state index contributed by atoms with van der Waals surface area (Å²) in [5.74, 6) is 0.398. The van der Waals surface area contributed by atoms with Crippen molar-refractivity contribution >= 4 is 16.9 Å². The van der Waals surface area contributed by atoms with Gasteiger partial charge in [0.1, 0.15) is 0 Å². The first-order valence-electron chi connectivity index (χ1n) is 9.53. The highest BCUT2D eigenvalue weighted by atomic mass is 16.1. The van der Waals surface area contributed by atoms with E-state index in [9.17, 15) is 4.79 Å². The molecule has 1 atom stereocenters. The van der Waals surface area contributed by atoms with Crippen LogP contribution in [0.1, 0.15) is 30.5 Å². The second-order valence-electron chi connectivity index (χ2n) is 7.17. The molecule has 1 saturated heterocycles. The predicted molar refractivity (Wildman–Crippen MR) is 105 cm³/mol. The van der Waals surface area contributed by atoms with E-state index in [-0.39, 0.29) is 5.91 Å². The highest BCUT2D eigenvalue weighted by molar-refractivity contribution is 5.79.